The Morgan fingerprint density at radius 3 is 2.00 bits per heavy atom. The summed E-state index contributed by atoms with van der Waals surface area (Å²) in [6.07, 6.45) is 0.851. The second-order valence-electron chi connectivity index (χ2n) is 11.0. The maximum absolute atomic E-state index is 14.6. The van der Waals surface area contributed by atoms with Crippen molar-refractivity contribution in [1.82, 2.24) is 10.2 Å². The number of carbonyl (C=O) groups excluding carboxylic acids is 2. The van der Waals surface area contributed by atoms with Gasteiger partial charge in [0.2, 0.25) is 11.8 Å². The standard InChI is InChI=1S/C36H39Cl2N3O5S/c1-4-26(3)39-36(43)34(23-27-13-8-6-9-14-27)40(24-31-32(37)17-12-18-33(31)38)35(42)25-41(28-15-10-7-11-16-28)47(44,45)30-21-19-29(20-22-30)46-5-2/h6-22,26,34H,4-5,23-25H2,1-3H3,(H,39,43)/t26-,34-/m0/s1. The number of carbonyl (C=O) groups is 2. The van der Waals surface area contributed by atoms with Gasteiger partial charge in [-0.25, -0.2) is 8.42 Å². The molecule has 1 N–H and O–H groups in total. The molecule has 8 nitrogen and oxygen atoms in total. The van der Waals surface area contributed by atoms with Crippen molar-refractivity contribution in [1.29, 1.82) is 0 Å². The van der Waals surface area contributed by atoms with Crippen LogP contribution in [-0.2, 0) is 32.6 Å². The fourth-order valence-corrected chi connectivity index (χ4v) is 6.90. The zero-order valence-electron chi connectivity index (χ0n) is 26.6. The van der Waals surface area contributed by atoms with Gasteiger partial charge in [0.05, 0.1) is 17.2 Å². The minimum Gasteiger partial charge on any atom is -0.494 e. The molecule has 47 heavy (non-hydrogen) atoms. The van der Waals surface area contributed by atoms with Crippen molar-refractivity contribution in [3.8, 4) is 5.75 Å². The Bertz CT molecular complexity index is 1720. The topological polar surface area (TPSA) is 96.0 Å². The number of para-hydroxylation sites is 1. The van der Waals surface area contributed by atoms with Crippen LogP contribution in [0.15, 0.2) is 108 Å². The van der Waals surface area contributed by atoms with E-state index in [2.05, 4.69) is 5.32 Å². The van der Waals surface area contributed by atoms with E-state index >= 15 is 0 Å². The van der Waals surface area contributed by atoms with E-state index in [9.17, 15) is 18.0 Å². The second kappa shape index (κ2) is 16.7. The third kappa shape index (κ3) is 9.28. The molecule has 0 spiro atoms. The van der Waals surface area contributed by atoms with Crippen LogP contribution in [0.2, 0.25) is 10.0 Å². The Kier molecular flexibility index (Phi) is 12.7. The highest BCUT2D eigenvalue weighted by atomic mass is 35.5. The number of rotatable bonds is 15. The van der Waals surface area contributed by atoms with E-state index < -0.39 is 28.5 Å². The van der Waals surface area contributed by atoms with E-state index in [-0.39, 0.29) is 35.5 Å². The highest BCUT2D eigenvalue weighted by molar-refractivity contribution is 7.92. The van der Waals surface area contributed by atoms with E-state index in [1.807, 2.05) is 51.1 Å². The minimum absolute atomic E-state index is 0.0198. The molecule has 0 heterocycles. The summed E-state index contributed by atoms with van der Waals surface area (Å²) in [6, 6.07) is 27.6. The molecule has 0 unspecified atom stereocenters. The van der Waals surface area contributed by atoms with Gasteiger partial charge in [0.15, 0.2) is 0 Å². The van der Waals surface area contributed by atoms with Crippen LogP contribution in [0.3, 0.4) is 0 Å². The molecule has 0 aliphatic carbocycles. The summed E-state index contributed by atoms with van der Waals surface area (Å²) in [5.41, 5.74) is 1.55. The van der Waals surface area contributed by atoms with Crippen LogP contribution in [-0.4, -0.2) is 50.4 Å². The van der Waals surface area contributed by atoms with Gasteiger partial charge in [-0.15, -0.1) is 0 Å². The Balaban J connectivity index is 1.81. The van der Waals surface area contributed by atoms with Gasteiger partial charge >= 0.3 is 0 Å². The first-order valence-electron chi connectivity index (χ1n) is 15.4. The SMILES string of the molecule is CCOc1ccc(S(=O)(=O)N(CC(=O)N(Cc2c(Cl)cccc2Cl)[C@@H](Cc2ccccc2)C(=O)N[C@@H](C)CC)c2ccccc2)cc1. The number of halogens is 2. The largest absolute Gasteiger partial charge is 0.494 e. The summed E-state index contributed by atoms with van der Waals surface area (Å²) in [7, 11) is -4.25. The van der Waals surface area contributed by atoms with Gasteiger partial charge in [0.1, 0.15) is 18.3 Å². The summed E-state index contributed by atoms with van der Waals surface area (Å²) in [5.74, 6) is -0.465. The zero-order chi connectivity index (χ0) is 34.0. The number of hydrogen-bond acceptors (Lipinski definition) is 5. The average Bonchev–Trinajstić information content (AvgIpc) is 3.07. The predicted octanol–water partition coefficient (Wildman–Crippen LogP) is 7.14. The first-order valence-corrected chi connectivity index (χ1v) is 17.6. The molecule has 0 bridgehead atoms. The first kappa shape index (κ1) is 35.8. The molecule has 0 saturated heterocycles. The van der Waals surface area contributed by atoms with Gasteiger partial charge in [0, 0.05) is 34.6 Å². The molecule has 0 aliphatic heterocycles. The van der Waals surface area contributed by atoms with Gasteiger partial charge in [-0.2, -0.15) is 0 Å². The lowest BCUT2D eigenvalue weighted by atomic mass is 10.0. The molecule has 2 atom stereocenters. The van der Waals surface area contributed by atoms with Crippen LogP contribution in [0, 0.1) is 0 Å². The highest BCUT2D eigenvalue weighted by Gasteiger charge is 2.35. The predicted molar refractivity (Wildman–Crippen MR) is 187 cm³/mol. The molecule has 0 aromatic heterocycles. The van der Waals surface area contributed by atoms with Crippen LogP contribution in [0.4, 0.5) is 5.69 Å². The van der Waals surface area contributed by atoms with Crippen molar-refractivity contribution in [3.05, 3.63) is 124 Å². The number of amides is 2. The van der Waals surface area contributed by atoms with E-state index in [0.29, 0.717) is 34.4 Å². The summed E-state index contributed by atoms with van der Waals surface area (Å²) in [5, 5.41) is 3.65. The Morgan fingerprint density at radius 1 is 0.830 bits per heavy atom. The third-order valence-electron chi connectivity index (χ3n) is 7.71. The van der Waals surface area contributed by atoms with Crippen molar-refractivity contribution in [2.75, 3.05) is 17.5 Å². The van der Waals surface area contributed by atoms with Crippen molar-refractivity contribution in [2.24, 2.45) is 0 Å². The van der Waals surface area contributed by atoms with E-state index in [0.717, 1.165) is 9.87 Å². The number of nitrogens with one attached hydrogen (secondary N) is 1. The van der Waals surface area contributed by atoms with Crippen molar-refractivity contribution < 1.29 is 22.7 Å². The van der Waals surface area contributed by atoms with Crippen LogP contribution >= 0.6 is 23.2 Å². The lowest BCUT2D eigenvalue weighted by Gasteiger charge is -2.34. The van der Waals surface area contributed by atoms with Crippen molar-refractivity contribution in [2.45, 2.75) is 57.1 Å². The lowest BCUT2D eigenvalue weighted by Crippen LogP contribution is -2.54. The fourth-order valence-electron chi connectivity index (χ4n) is 4.97. The summed E-state index contributed by atoms with van der Waals surface area (Å²) < 4.78 is 34.9. The molecule has 4 rings (SSSR count). The highest BCUT2D eigenvalue weighted by Crippen LogP contribution is 2.29. The van der Waals surface area contributed by atoms with Crippen molar-refractivity contribution >= 4 is 50.7 Å². The Hall–Kier alpha value is -4.05. The fraction of sp³-hybridized carbons (Fsp3) is 0.278. The normalized spacial score (nSPS) is 12.5. The zero-order valence-corrected chi connectivity index (χ0v) is 28.9. The summed E-state index contributed by atoms with van der Waals surface area (Å²) >= 11 is 13.2. The molecule has 0 saturated carbocycles. The number of ether oxygens (including phenoxy) is 1. The van der Waals surface area contributed by atoms with E-state index in [4.69, 9.17) is 27.9 Å². The molecule has 4 aromatic rings. The Labute approximate surface area is 287 Å². The average molecular weight is 697 g/mol. The molecule has 2 amide bonds. The maximum Gasteiger partial charge on any atom is 0.264 e. The summed E-state index contributed by atoms with van der Waals surface area (Å²) in [6.45, 7) is 5.38. The van der Waals surface area contributed by atoms with Crippen molar-refractivity contribution in [3.63, 3.8) is 0 Å². The second-order valence-corrected chi connectivity index (χ2v) is 13.7. The third-order valence-corrected chi connectivity index (χ3v) is 10.2. The van der Waals surface area contributed by atoms with Crippen LogP contribution in [0.1, 0.15) is 38.3 Å². The van der Waals surface area contributed by atoms with E-state index in [1.54, 1.807) is 60.7 Å². The smallest absolute Gasteiger partial charge is 0.264 e. The molecular weight excluding hydrogens is 657 g/mol. The minimum atomic E-state index is -4.25. The van der Waals surface area contributed by atoms with Gasteiger partial charge in [-0.05, 0) is 74.4 Å². The number of hydrogen-bond donors (Lipinski definition) is 1. The monoisotopic (exact) mass is 695 g/mol. The number of anilines is 1. The Morgan fingerprint density at radius 2 is 1.43 bits per heavy atom. The molecule has 0 aliphatic rings. The molecule has 0 radical (unpaired) electrons. The number of nitrogens with zero attached hydrogens (tertiary/aromatic N) is 2. The molecule has 4 aromatic carbocycles. The molecule has 248 valence electrons. The van der Waals surface area contributed by atoms with Gasteiger partial charge < -0.3 is 15.0 Å². The van der Waals surface area contributed by atoms with Crippen LogP contribution in [0.5, 0.6) is 5.75 Å². The molecular formula is C36H39Cl2N3O5S. The quantitative estimate of drug-likeness (QED) is 0.143. The molecule has 0 fully saturated rings. The summed E-state index contributed by atoms with van der Waals surface area (Å²) in [4.78, 5) is 29.9. The van der Waals surface area contributed by atoms with Gasteiger partial charge in [-0.1, -0.05) is 84.7 Å². The number of benzene rings is 4. The van der Waals surface area contributed by atoms with Crippen LogP contribution in [0.25, 0.3) is 0 Å². The first-order chi connectivity index (χ1) is 22.5. The number of sulfonamides is 1. The lowest BCUT2D eigenvalue weighted by molar-refractivity contribution is -0.140. The molecule has 11 heteroatoms. The van der Waals surface area contributed by atoms with E-state index in [1.165, 1.54) is 17.0 Å². The van der Waals surface area contributed by atoms with Crippen LogP contribution < -0.4 is 14.4 Å². The van der Waals surface area contributed by atoms with Gasteiger partial charge in [-0.3, -0.25) is 13.9 Å². The maximum atomic E-state index is 14.6. The van der Waals surface area contributed by atoms with Gasteiger partial charge in [0.25, 0.3) is 10.0 Å².